The normalized spacial score (nSPS) is 13.7. The Morgan fingerprint density at radius 1 is 1.33 bits per heavy atom. The van der Waals surface area contributed by atoms with Crippen LogP contribution in [0, 0.1) is 11.3 Å². The van der Waals surface area contributed by atoms with Crippen molar-refractivity contribution in [1.82, 2.24) is 5.32 Å². The van der Waals surface area contributed by atoms with Crippen molar-refractivity contribution in [3.05, 3.63) is 29.8 Å². The van der Waals surface area contributed by atoms with Gasteiger partial charge in [0.2, 0.25) is 0 Å². The van der Waals surface area contributed by atoms with E-state index in [1.807, 2.05) is 42.1 Å². The summed E-state index contributed by atoms with van der Waals surface area (Å²) >= 11 is 1.85. The Balaban J connectivity index is 2.53. The number of benzene rings is 1. The molecule has 1 aromatic rings. The largest absolute Gasteiger partial charge is 0.479 e. The van der Waals surface area contributed by atoms with E-state index in [2.05, 4.69) is 25.4 Å². The quantitative estimate of drug-likeness (QED) is 0.822. The lowest BCUT2D eigenvalue weighted by Gasteiger charge is -2.19. The highest BCUT2D eigenvalue weighted by Crippen LogP contribution is 2.18. The second-order valence-corrected chi connectivity index (χ2v) is 5.17. The van der Waals surface area contributed by atoms with Gasteiger partial charge in [-0.1, -0.05) is 12.1 Å². The molecule has 0 saturated heterocycles. The maximum Gasteiger partial charge on any atom is 0.174 e. The molecular weight excluding hydrogens is 244 g/mol. The van der Waals surface area contributed by atoms with Gasteiger partial charge in [-0.25, -0.2) is 0 Å². The second-order valence-electron chi connectivity index (χ2n) is 4.26. The number of hydrogen-bond donors (Lipinski definition) is 1. The van der Waals surface area contributed by atoms with Crippen LogP contribution in [0.2, 0.25) is 0 Å². The molecule has 1 aromatic carbocycles. The van der Waals surface area contributed by atoms with Gasteiger partial charge in [-0.15, -0.1) is 0 Å². The summed E-state index contributed by atoms with van der Waals surface area (Å²) < 4.78 is 5.22. The Morgan fingerprint density at radius 3 is 2.56 bits per heavy atom. The first-order valence-corrected chi connectivity index (χ1v) is 7.41. The van der Waals surface area contributed by atoms with Crippen molar-refractivity contribution >= 4 is 11.8 Å². The molecule has 0 heterocycles. The number of thioether (sulfide) groups is 1. The average Bonchev–Trinajstić information content (AvgIpc) is 2.37. The number of nitriles is 1. The van der Waals surface area contributed by atoms with Gasteiger partial charge in [0.25, 0.3) is 0 Å². The standard InChI is InChI=1S/C14H20N2OS/c1-11(10-18-3)16-12(2)13-4-6-14(7-5-13)17-9-8-15/h4-7,11-12,16H,9-10H2,1-3H3. The monoisotopic (exact) mass is 264 g/mol. The maximum absolute atomic E-state index is 8.43. The Hall–Kier alpha value is -1.18. The fourth-order valence-corrected chi connectivity index (χ4v) is 2.39. The van der Waals surface area contributed by atoms with Gasteiger partial charge in [0.05, 0.1) is 0 Å². The Labute approximate surface area is 114 Å². The third kappa shape index (κ3) is 4.99. The molecule has 1 rings (SSSR count). The maximum atomic E-state index is 8.43. The molecule has 0 aliphatic carbocycles. The number of nitrogens with zero attached hydrogens (tertiary/aromatic N) is 1. The fraction of sp³-hybridized carbons (Fsp3) is 0.500. The minimum absolute atomic E-state index is 0.0951. The highest BCUT2D eigenvalue weighted by Gasteiger charge is 2.08. The zero-order chi connectivity index (χ0) is 13.4. The van der Waals surface area contributed by atoms with Crippen LogP contribution in [0.4, 0.5) is 0 Å². The Bertz CT molecular complexity index is 386. The molecule has 0 spiro atoms. The summed E-state index contributed by atoms with van der Waals surface area (Å²) in [5.74, 6) is 1.85. The van der Waals surface area contributed by atoms with Gasteiger partial charge < -0.3 is 10.1 Å². The third-order valence-corrected chi connectivity index (χ3v) is 3.47. The smallest absolute Gasteiger partial charge is 0.174 e. The van der Waals surface area contributed by atoms with E-state index in [1.54, 1.807) is 0 Å². The van der Waals surface area contributed by atoms with E-state index in [9.17, 15) is 0 Å². The van der Waals surface area contributed by atoms with Gasteiger partial charge in [0.1, 0.15) is 11.8 Å². The van der Waals surface area contributed by atoms with Crippen molar-refractivity contribution in [2.45, 2.75) is 25.9 Å². The first-order chi connectivity index (χ1) is 8.67. The van der Waals surface area contributed by atoms with Crippen molar-refractivity contribution in [3.8, 4) is 11.8 Å². The molecular formula is C14H20N2OS. The van der Waals surface area contributed by atoms with Crippen LogP contribution >= 0.6 is 11.8 Å². The second kappa shape index (κ2) is 8.02. The summed E-state index contributed by atoms with van der Waals surface area (Å²) in [4.78, 5) is 0. The van der Waals surface area contributed by atoms with Crippen LogP contribution in [0.15, 0.2) is 24.3 Å². The molecule has 0 aliphatic heterocycles. The number of ether oxygens (including phenoxy) is 1. The summed E-state index contributed by atoms with van der Waals surface area (Å²) in [6.07, 6.45) is 2.12. The Morgan fingerprint density at radius 2 is 2.00 bits per heavy atom. The van der Waals surface area contributed by atoms with Crippen LogP contribution in [0.5, 0.6) is 5.75 Å². The number of hydrogen-bond acceptors (Lipinski definition) is 4. The molecule has 0 amide bonds. The highest BCUT2D eigenvalue weighted by atomic mass is 32.2. The zero-order valence-electron chi connectivity index (χ0n) is 11.1. The van der Waals surface area contributed by atoms with Crippen molar-refractivity contribution in [2.24, 2.45) is 0 Å². The van der Waals surface area contributed by atoms with E-state index in [0.29, 0.717) is 12.1 Å². The first-order valence-electron chi connectivity index (χ1n) is 6.02. The number of rotatable bonds is 7. The highest BCUT2D eigenvalue weighted by molar-refractivity contribution is 7.98. The molecule has 18 heavy (non-hydrogen) atoms. The minimum Gasteiger partial charge on any atom is -0.479 e. The molecule has 0 aliphatic rings. The molecule has 1 N–H and O–H groups in total. The molecule has 0 saturated carbocycles. The van der Waals surface area contributed by atoms with Gasteiger partial charge >= 0.3 is 0 Å². The van der Waals surface area contributed by atoms with E-state index >= 15 is 0 Å². The lowest BCUT2D eigenvalue weighted by atomic mass is 10.1. The van der Waals surface area contributed by atoms with Gasteiger partial charge in [0.15, 0.2) is 6.61 Å². The van der Waals surface area contributed by atoms with Gasteiger partial charge in [-0.2, -0.15) is 17.0 Å². The molecule has 0 radical (unpaired) electrons. The van der Waals surface area contributed by atoms with Crippen molar-refractivity contribution in [1.29, 1.82) is 5.26 Å². The number of nitrogens with one attached hydrogen (secondary N) is 1. The topological polar surface area (TPSA) is 45.0 Å². The van der Waals surface area contributed by atoms with E-state index in [1.165, 1.54) is 5.56 Å². The van der Waals surface area contributed by atoms with Crippen LogP contribution in [0.1, 0.15) is 25.5 Å². The van der Waals surface area contributed by atoms with Crippen molar-refractivity contribution in [2.75, 3.05) is 18.6 Å². The molecule has 0 aromatic heterocycles. The zero-order valence-corrected chi connectivity index (χ0v) is 12.0. The van der Waals surface area contributed by atoms with Crippen LogP contribution < -0.4 is 10.1 Å². The van der Waals surface area contributed by atoms with Crippen molar-refractivity contribution in [3.63, 3.8) is 0 Å². The SMILES string of the molecule is CSCC(C)NC(C)c1ccc(OCC#N)cc1. The predicted octanol–water partition coefficient (Wildman–Crippen LogP) is 2.99. The van der Waals surface area contributed by atoms with Crippen LogP contribution in [0.25, 0.3) is 0 Å². The molecule has 2 atom stereocenters. The lowest BCUT2D eigenvalue weighted by molar-refractivity contribution is 0.368. The van der Waals surface area contributed by atoms with Crippen LogP contribution in [0.3, 0.4) is 0 Å². The average molecular weight is 264 g/mol. The van der Waals surface area contributed by atoms with Gasteiger partial charge in [0, 0.05) is 17.8 Å². The van der Waals surface area contributed by atoms with Gasteiger partial charge in [-0.05, 0) is 37.8 Å². The fourth-order valence-electron chi connectivity index (χ4n) is 1.79. The van der Waals surface area contributed by atoms with E-state index in [-0.39, 0.29) is 6.61 Å². The van der Waals surface area contributed by atoms with Crippen LogP contribution in [-0.4, -0.2) is 24.7 Å². The summed E-state index contributed by atoms with van der Waals surface area (Å²) in [7, 11) is 0. The molecule has 4 heteroatoms. The molecule has 3 nitrogen and oxygen atoms in total. The summed E-state index contributed by atoms with van der Waals surface area (Å²) in [5.41, 5.74) is 1.23. The molecule has 98 valence electrons. The predicted molar refractivity (Wildman–Crippen MR) is 76.9 cm³/mol. The van der Waals surface area contributed by atoms with E-state index in [0.717, 1.165) is 11.5 Å². The minimum atomic E-state index is 0.0951. The molecule has 0 fully saturated rings. The van der Waals surface area contributed by atoms with E-state index in [4.69, 9.17) is 10.00 Å². The summed E-state index contributed by atoms with van der Waals surface area (Å²) in [5, 5.41) is 12.0. The molecule has 2 unspecified atom stereocenters. The van der Waals surface area contributed by atoms with Crippen molar-refractivity contribution < 1.29 is 4.74 Å². The Kier molecular flexibility index (Phi) is 6.63. The van der Waals surface area contributed by atoms with E-state index < -0.39 is 0 Å². The molecule has 0 bridgehead atoms. The summed E-state index contributed by atoms with van der Waals surface area (Å²) in [6, 6.07) is 10.7. The summed E-state index contributed by atoms with van der Waals surface area (Å²) in [6.45, 7) is 4.44. The van der Waals surface area contributed by atoms with Crippen LogP contribution in [-0.2, 0) is 0 Å². The van der Waals surface area contributed by atoms with Gasteiger partial charge in [-0.3, -0.25) is 0 Å². The third-order valence-electron chi connectivity index (χ3n) is 2.63. The first kappa shape index (κ1) is 14.9. The lowest BCUT2D eigenvalue weighted by Crippen LogP contribution is -2.30.